The zero-order valence-electron chi connectivity index (χ0n) is 27.3. The van der Waals surface area contributed by atoms with Crippen LogP contribution in [-0.4, -0.2) is 63.6 Å². The number of aromatic nitrogens is 1. The van der Waals surface area contributed by atoms with Gasteiger partial charge in [-0.1, -0.05) is 23.2 Å². The second-order valence-electron chi connectivity index (χ2n) is 12.5. The van der Waals surface area contributed by atoms with Crippen LogP contribution in [0.2, 0.25) is 10.0 Å². The molecule has 0 bridgehead atoms. The average molecular weight is 763 g/mol. The lowest BCUT2D eigenvalue weighted by Gasteiger charge is -2.24. The van der Waals surface area contributed by atoms with Crippen LogP contribution in [0.1, 0.15) is 57.9 Å². The van der Waals surface area contributed by atoms with Gasteiger partial charge in [0, 0.05) is 60.5 Å². The number of nitrogens with zero attached hydrogens (tertiary/aromatic N) is 3. The second-order valence-corrected chi connectivity index (χ2v) is 15.1. The molecule has 0 saturated carbocycles. The van der Waals surface area contributed by atoms with Gasteiger partial charge in [-0.3, -0.25) is 19.2 Å². The van der Waals surface area contributed by atoms with E-state index in [-0.39, 0.29) is 48.6 Å². The topological polar surface area (TPSA) is 125 Å². The Kier molecular flexibility index (Phi) is 10.6. The van der Waals surface area contributed by atoms with E-state index in [9.17, 15) is 19.2 Å². The Bertz CT molecular complexity index is 1910. The van der Waals surface area contributed by atoms with Crippen molar-refractivity contribution in [3.63, 3.8) is 0 Å². The van der Waals surface area contributed by atoms with Crippen LogP contribution < -0.4 is 10.6 Å². The van der Waals surface area contributed by atoms with Crippen LogP contribution >= 0.6 is 45.9 Å². The van der Waals surface area contributed by atoms with Crippen LogP contribution in [0.4, 0.5) is 11.4 Å². The predicted molar refractivity (Wildman–Crippen MR) is 201 cm³/mol. The van der Waals surface area contributed by atoms with Gasteiger partial charge in [0.1, 0.15) is 9.75 Å². The monoisotopic (exact) mass is 761 g/mol. The van der Waals surface area contributed by atoms with Crippen LogP contribution in [0.5, 0.6) is 0 Å². The van der Waals surface area contributed by atoms with Crippen molar-refractivity contribution in [2.75, 3.05) is 23.7 Å². The van der Waals surface area contributed by atoms with E-state index < -0.39 is 0 Å². The summed E-state index contributed by atoms with van der Waals surface area (Å²) >= 11 is 15.0. The highest BCUT2D eigenvalue weighted by Gasteiger charge is 2.33. The molecule has 10 nitrogen and oxygen atoms in total. The van der Waals surface area contributed by atoms with Crippen molar-refractivity contribution >= 4 is 80.9 Å². The Balaban J connectivity index is 0.908. The molecule has 7 rings (SSSR count). The van der Waals surface area contributed by atoms with Gasteiger partial charge < -0.3 is 24.9 Å². The van der Waals surface area contributed by atoms with Gasteiger partial charge in [-0.25, -0.2) is 4.98 Å². The zero-order valence-corrected chi connectivity index (χ0v) is 30.4. The predicted octanol–water partition coefficient (Wildman–Crippen LogP) is 8.71. The highest BCUT2D eigenvalue weighted by molar-refractivity contribution is 7.13. The minimum atomic E-state index is -0.178. The summed E-state index contributed by atoms with van der Waals surface area (Å²) in [6.07, 6.45) is 5.27. The van der Waals surface area contributed by atoms with Gasteiger partial charge in [0.25, 0.3) is 11.8 Å². The number of likely N-dealkylation sites (tertiary alicyclic amines) is 2. The number of halogens is 2. The van der Waals surface area contributed by atoms with E-state index >= 15 is 0 Å². The van der Waals surface area contributed by atoms with E-state index in [0.29, 0.717) is 55.9 Å². The standard InChI is InChI=1S/C37H33Cl2N5O5S2/c38-28-13-17-50-33(28)36(47)43-15-1-3-26(43)19-31(45)41-24-9-5-22(6-10-24)30-21-40-35(49-30)23-7-11-25(12-8-23)42-32(46)20-27-4-2-16-44(27)37(48)34-29(39)14-18-51-34/h5-14,17-18,21,26-27H,1-4,15-16,19-20H2,(H,41,45)(H,42,46)/t26-,27-/m0/s1. The number of rotatable bonds is 10. The second kappa shape index (κ2) is 15.4. The van der Waals surface area contributed by atoms with E-state index in [2.05, 4.69) is 15.6 Å². The first-order valence-corrected chi connectivity index (χ1v) is 19.1. The first kappa shape index (κ1) is 34.9. The molecule has 2 saturated heterocycles. The molecule has 51 heavy (non-hydrogen) atoms. The fraction of sp³-hybridized carbons (Fsp3) is 0.270. The lowest BCUT2D eigenvalue weighted by molar-refractivity contribution is -0.117. The van der Waals surface area contributed by atoms with E-state index in [1.165, 1.54) is 22.7 Å². The molecule has 0 unspecified atom stereocenters. The zero-order chi connectivity index (χ0) is 35.5. The molecule has 0 aliphatic carbocycles. The van der Waals surface area contributed by atoms with Crippen LogP contribution in [0, 0.1) is 0 Å². The molecular formula is C37H33Cl2N5O5S2. The van der Waals surface area contributed by atoms with Gasteiger partial charge in [0.2, 0.25) is 17.7 Å². The number of benzene rings is 2. The van der Waals surface area contributed by atoms with Gasteiger partial charge in [0.15, 0.2) is 5.76 Å². The minimum absolute atomic E-state index is 0.123. The molecule has 2 aliphatic rings. The summed E-state index contributed by atoms with van der Waals surface area (Å²) in [6.45, 7) is 1.21. The number of carbonyl (C=O) groups excluding carboxylic acids is 4. The van der Waals surface area contributed by atoms with Crippen LogP contribution in [0.3, 0.4) is 0 Å². The molecule has 3 aromatic heterocycles. The van der Waals surface area contributed by atoms with Gasteiger partial charge in [-0.15, -0.1) is 22.7 Å². The number of hydrogen-bond acceptors (Lipinski definition) is 8. The lowest BCUT2D eigenvalue weighted by Crippen LogP contribution is -2.37. The molecule has 2 aliphatic heterocycles. The van der Waals surface area contributed by atoms with Crippen molar-refractivity contribution in [3.05, 3.63) is 97.4 Å². The summed E-state index contributed by atoms with van der Waals surface area (Å²) in [5, 5.41) is 10.3. The Morgan fingerprint density at radius 2 is 1.18 bits per heavy atom. The van der Waals surface area contributed by atoms with Crippen molar-refractivity contribution in [1.29, 1.82) is 0 Å². The molecule has 0 radical (unpaired) electrons. The average Bonchev–Trinajstić information content (AvgIpc) is 3.97. The van der Waals surface area contributed by atoms with Crippen LogP contribution in [-0.2, 0) is 9.59 Å². The summed E-state index contributed by atoms with van der Waals surface area (Å²) in [5.41, 5.74) is 2.79. The molecule has 4 amide bonds. The maximum atomic E-state index is 13.0. The first-order chi connectivity index (χ1) is 24.7. The molecule has 14 heteroatoms. The maximum Gasteiger partial charge on any atom is 0.265 e. The molecule has 5 heterocycles. The summed E-state index contributed by atoms with van der Waals surface area (Å²) in [4.78, 5) is 60.8. The minimum Gasteiger partial charge on any atom is -0.436 e. The third kappa shape index (κ3) is 7.89. The number of hydrogen-bond donors (Lipinski definition) is 2. The van der Waals surface area contributed by atoms with Crippen molar-refractivity contribution in [1.82, 2.24) is 14.8 Å². The molecule has 2 aromatic carbocycles. The van der Waals surface area contributed by atoms with Crippen molar-refractivity contribution in [2.24, 2.45) is 0 Å². The fourth-order valence-corrected chi connectivity index (χ4v) is 8.77. The Labute approximate surface area is 312 Å². The lowest BCUT2D eigenvalue weighted by atomic mass is 10.1. The van der Waals surface area contributed by atoms with E-state index in [0.717, 1.165) is 36.8 Å². The summed E-state index contributed by atoms with van der Waals surface area (Å²) in [5.74, 6) is 0.404. The third-order valence-corrected chi connectivity index (χ3v) is 11.8. The number of amides is 4. The SMILES string of the molecule is O=C(C[C@@H]1CCCN1C(=O)c1sccc1Cl)Nc1ccc(-c2cnc(-c3ccc(NC(=O)C[C@@H]4CCCN4C(=O)c4sccc4Cl)cc3)o2)cc1. The van der Waals surface area contributed by atoms with Gasteiger partial charge in [-0.2, -0.15) is 0 Å². The van der Waals surface area contributed by atoms with Crippen molar-refractivity contribution in [3.8, 4) is 22.8 Å². The van der Waals surface area contributed by atoms with E-state index in [4.69, 9.17) is 27.6 Å². The van der Waals surface area contributed by atoms with Crippen molar-refractivity contribution < 1.29 is 23.6 Å². The maximum absolute atomic E-state index is 13.0. The number of anilines is 2. The molecule has 0 spiro atoms. The smallest absolute Gasteiger partial charge is 0.265 e. The van der Waals surface area contributed by atoms with E-state index in [1.807, 2.05) is 24.3 Å². The van der Waals surface area contributed by atoms with Gasteiger partial charge in [-0.05, 0) is 97.1 Å². The van der Waals surface area contributed by atoms with E-state index in [1.54, 1.807) is 63.2 Å². The van der Waals surface area contributed by atoms with Crippen LogP contribution in [0.15, 0.2) is 82.0 Å². The largest absolute Gasteiger partial charge is 0.436 e. The van der Waals surface area contributed by atoms with Gasteiger partial charge in [0.05, 0.1) is 16.2 Å². The molecule has 2 fully saturated rings. The summed E-state index contributed by atoms with van der Waals surface area (Å²) < 4.78 is 6.04. The Morgan fingerprint density at radius 3 is 1.63 bits per heavy atom. The quantitative estimate of drug-likeness (QED) is 0.147. The highest BCUT2D eigenvalue weighted by atomic mass is 35.5. The summed E-state index contributed by atoms with van der Waals surface area (Å²) in [7, 11) is 0. The Hall–Kier alpha value is -4.49. The molecule has 2 atom stereocenters. The fourth-order valence-electron chi connectivity index (χ4n) is 6.59. The highest BCUT2D eigenvalue weighted by Crippen LogP contribution is 2.32. The molecule has 5 aromatic rings. The summed E-state index contributed by atoms with van der Waals surface area (Å²) in [6, 6.07) is 17.6. The molecule has 262 valence electrons. The molecule has 2 N–H and O–H groups in total. The molecular weight excluding hydrogens is 729 g/mol. The number of nitrogens with one attached hydrogen (secondary N) is 2. The number of oxazole rings is 1. The van der Waals surface area contributed by atoms with Crippen molar-refractivity contribution in [2.45, 2.75) is 50.6 Å². The van der Waals surface area contributed by atoms with Gasteiger partial charge >= 0.3 is 0 Å². The normalized spacial score (nSPS) is 17.1. The third-order valence-electron chi connectivity index (χ3n) is 9.12. The van der Waals surface area contributed by atoms with Crippen LogP contribution in [0.25, 0.3) is 22.8 Å². The number of thiophene rings is 2. The number of carbonyl (C=O) groups is 4. The Morgan fingerprint density at radius 1 is 0.706 bits per heavy atom. The first-order valence-electron chi connectivity index (χ1n) is 16.6.